The molecule has 1 fully saturated rings. The van der Waals surface area contributed by atoms with E-state index >= 15 is 8.78 Å². The summed E-state index contributed by atoms with van der Waals surface area (Å²) in [6, 6.07) is 7.47. The number of hydrogen-bond donors (Lipinski definition) is 1. The summed E-state index contributed by atoms with van der Waals surface area (Å²) in [6.45, 7) is 2.86. The Hall–Kier alpha value is -3.46. The fraction of sp³-hybridized carbons (Fsp3) is 0.333. The van der Waals surface area contributed by atoms with Crippen LogP contribution >= 0.6 is 0 Å². The molecule has 1 saturated heterocycles. The Kier molecular flexibility index (Phi) is 6.33. The van der Waals surface area contributed by atoms with Crippen molar-refractivity contribution in [3.63, 3.8) is 0 Å². The molecule has 2 aromatic carbocycles. The fourth-order valence-electron chi connectivity index (χ4n) is 4.09. The van der Waals surface area contributed by atoms with Crippen LogP contribution in [0.1, 0.15) is 21.5 Å². The fourth-order valence-corrected chi connectivity index (χ4v) is 4.09. The first-order valence-corrected chi connectivity index (χ1v) is 10.5. The largest absolute Gasteiger partial charge is 0.456 e. The monoisotopic (exact) mass is 458 g/mol. The average Bonchev–Trinajstić information content (AvgIpc) is 3.14. The number of ether oxygens (including phenoxy) is 2. The van der Waals surface area contributed by atoms with Gasteiger partial charge in [0, 0.05) is 36.5 Å². The van der Waals surface area contributed by atoms with Crippen LogP contribution < -0.4 is 5.32 Å². The van der Waals surface area contributed by atoms with Gasteiger partial charge in [-0.25, -0.2) is 13.6 Å². The highest BCUT2D eigenvalue weighted by Gasteiger charge is 2.29. The highest BCUT2D eigenvalue weighted by Crippen LogP contribution is 2.38. The van der Waals surface area contributed by atoms with Gasteiger partial charge < -0.3 is 24.1 Å². The lowest BCUT2D eigenvalue weighted by molar-refractivity contribution is -0.0235. The van der Waals surface area contributed by atoms with Crippen molar-refractivity contribution in [1.29, 1.82) is 0 Å². The highest BCUT2D eigenvalue weighted by atomic mass is 19.1. The predicted molar refractivity (Wildman–Crippen MR) is 117 cm³/mol. The smallest absolute Gasteiger partial charge is 0.409 e. The number of halogens is 2. The molecular formula is C24H24F2N2O5. The number of fused-ring (bicyclic) bond motifs is 1. The van der Waals surface area contributed by atoms with E-state index in [-0.39, 0.29) is 29.9 Å². The van der Waals surface area contributed by atoms with Crippen LogP contribution in [-0.4, -0.2) is 56.9 Å². The molecule has 33 heavy (non-hydrogen) atoms. The zero-order chi connectivity index (χ0) is 23.7. The molecule has 1 aliphatic rings. The molecule has 0 bridgehead atoms. The summed E-state index contributed by atoms with van der Waals surface area (Å²) in [5, 5.41) is 3.05. The molecule has 1 aromatic heterocycles. The molecule has 3 aromatic rings. The number of morpholine rings is 1. The summed E-state index contributed by atoms with van der Waals surface area (Å²) < 4.78 is 46.8. The van der Waals surface area contributed by atoms with Crippen molar-refractivity contribution in [3.8, 4) is 11.3 Å². The molecule has 1 N–H and O–H groups in total. The zero-order valence-electron chi connectivity index (χ0n) is 18.5. The summed E-state index contributed by atoms with van der Waals surface area (Å²) in [6.07, 6.45) is -0.623. The van der Waals surface area contributed by atoms with Gasteiger partial charge in [-0.15, -0.1) is 0 Å². The summed E-state index contributed by atoms with van der Waals surface area (Å²) in [5.74, 6) is -2.39. The van der Waals surface area contributed by atoms with Gasteiger partial charge in [0.05, 0.1) is 31.9 Å². The maximum absolute atomic E-state index is 15.1. The first-order chi connectivity index (χ1) is 15.8. The Morgan fingerprint density at radius 3 is 2.61 bits per heavy atom. The van der Waals surface area contributed by atoms with E-state index in [1.807, 2.05) is 19.1 Å². The van der Waals surface area contributed by atoms with Gasteiger partial charge in [0.1, 0.15) is 23.0 Å². The molecule has 4 rings (SSSR count). The third-order valence-electron chi connectivity index (χ3n) is 5.71. The number of furan rings is 1. The van der Waals surface area contributed by atoms with Crippen molar-refractivity contribution < 1.29 is 32.3 Å². The van der Waals surface area contributed by atoms with Crippen LogP contribution in [-0.2, 0) is 15.9 Å². The number of hydrogen-bond acceptors (Lipinski definition) is 5. The van der Waals surface area contributed by atoms with E-state index in [1.54, 1.807) is 6.07 Å². The van der Waals surface area contributed by atoms with Gasteiger partial charge in [-0.1, -0.05) is 12.1 Å². The Labute approximate surface area is 189 Å². The molecule has 2 heterocycles. The van der Waals surface area contributed by atoms with Crippen molar-refractivity contribution in [3.05, 3.63) is 58.7 Å². The Morgan fingerprint density at radius 2 is 1.94 bits per heavy atom. The van der Waals surface area contributed by atoms with Gasteiger partial charge in [-0.3, -0.25) is 4.79 Å². The lowest BCUT2D eigenvalue weighted by Gasteiger charge is -2.32. The normalized spacial score (nSPS) is 16.2. The van der Waals surface area contributed by atoms with Crippen LogP contribution in [0.3, 0.4) is 0 Å². The minimum atomic E-state index is -0.911. The van der Waals surface area contributed by atoms with E-state index in [9.17, 15) is 9.59 Å². The molecule has 1 atom stereocenters. The number of methoxy groups -OCH3 is 1. The topological polar surface area (TPSA) is 81.0 Å². The van der Waals surface area contributed by atoms with E-state index < -0.39 is 29.7 Å². The maximum Gasteiger partial charge on any atom is 0.409 e. The predicted octanol–water partition coefficient (Wildman–Crippen LogP) is 4.06. The molecule has 9 heteroatoms. The molecule has 2 amide bonds. The van der Waals surface area contributed by atoms with Gasteiger partial charge in [0.15, 0.2) is 0 Å². The number of rotatable bonds is 4. The van der Waals surface area contributed by atoms with Gasteiger partial charge in [-0.05, 0) is 30.7 Å². The van der Waals surface area contributed by atoms with E-state index in [0.717, 1.165) is 17.7 Å². The quantitative estimate of drug-likeness (QED) is 0.638. The summed E-state index contributed by atoms with van der Waals surface area (Å²) >= 11 is 0. The van der Waals surface area contributed by atoms with E-state index in [2.05, 4.69) is 5.32 Å². The molecule has 0 aliphatic carbocycles. The molecule has 0 spiro atoms. The molecule has 7 nitrogen and oxygen atoms in total. The van der Waals surface area contributed by atoms with E-state index in [1.165, 1.54) is 19.1 Å². The molecular weight excluding hydrogens is 434 g/mol. The second kappa shape index (κ2) is 9.19. The summed E-state index contributed by atoms with van der Waals surface area (Å²) in [4.78, 5) is 25.3. The first kappa shape index (κ1) is 22.7. The van der Waals surface area contributed by atoms with Crippen LogP contribution in [0.25, 0.3) is 22.3 Å². The second-order valence-electron chi connectivity index (χ2n) is 7.92. The summed E-state index contributed by atoms with van der Waals surface area (Å²) in [5.41, 5.74) is 1.49. The lowest BCUT2D eigenvalue weighted by Crippen LogP contribution is -2.46. The first-order valence-electron chi connectivity index (χ1n) is 10.5. The highest BCUT2D eigenvalue weighted by molar-refractivity contribution is 5.95. The molecule has 1 aliphatic heterocycles. The Morgan fingerprint density at radius 1 is 1.21 bits per heavy atom. The van der Waals surface area contributed by atoms with Crippen LogP contribution in [0.5, 0.6) is 0 Å². The number of nitrogens with zero attached hydrogens (tertiary/aromatic N) is 1. The van der Waals surface area contributed by atoms with Crippen molar-refractivity contribution in [2.45, 2.75) is 19.4 Å². The summed E-state index contributed by atoms with van der Waals surface area (Å²) in [7, 11) is 2.69. The van der Waals surface area contributed by atoms with Crippen molar-refractivity contribution in [2.24, 2.45) is 0 Å². The van der Waals surface area contributed by atoms with E-state index in [4.69, 9.17) is 13.9 Å². The number of aryl methyl sites for hydroxylation is 1. The van der Waals surface area contributed by atoms with Crippen LogP contribution in [0.2, 0.25) is 0 Å². The van der Waals surface area contributed by atoms with Gasteiger partial charge >= 0.3 is 6.09 Å². The van der Waals surface area contributed by atoms with Crippen LogP contribution in [0.4, 0.5) is 13.6 Å². The second-order valence-corrected chi connectivity index (χ2v) is 7.92. The molecule has 0 radical (unpaired) electrons. The van der Waals surface area contributed by atoms with E-state index in [0.29, 0.717) is 29.7 Å². The minimum absolute atomic E-state index is 0.0350. The van der Waals surface area contributed by atoms with Gasteiger partial charge in [0.25, 0.3) is 5.91 Å². The Balaban J connectivity index is 1.79. The SMILES string of the molecule is CNC(=O)c1cc(F)c(-c2oc3cc(C)ccc3c2C[C@H]2CN(C(=O)OC)CCO2)c(F)c1. The number of carbonyl (C=O) groups excluding carboxylic acids is 2. The lowest BCUT2D eigenvalue weighted by atomic mass is 9.97. The van der Waals surface area contributed by atoms with Crippen LogP contribution in [0.15, 0.2) is 34.7 Å². The zero-order valence-corrected chi connectivity index (χ0v) is 18.5. The van der Waals surface area contributed by atoms with Crippen molar-refractivity contribution >= 4 is 23.0 Å². The number of nitrogens with one attached hydrogen (secondary N) is 1. The van der Waals surface area contributed by atoms with Crippen molar-refractivity contribution in [2.75, 3.05) is 33.9 Å². The molecule has 174 valence electrons. The maximum atomic E-state index is 15.1. The van der Waals surface area contributed by atoms with Gasteiger partial charge in [-0.2, -0.15) is 0 Å². The van der Waals surface area contributed by atoms with Gasteiger partial charge in [0.2, 0.25) is 0 Å². The minimum Gasteiger partial charge on any atom is -0.456 e. The third kappa shape index (κ3) is 4.41. The third-order valence-corrected chi connectivity index (χ3v) is 5.71. The average molecular weight is 458 g/mol. The number of amides is 2. The molecule has 0 saturated carbocycles. The standard InChI is InChI=1S/C24H24F2N2O5/c1-13-4-5-16-17(11-15-12-28(6-7-32-15)24(30)31-3)22(33-20(16)8-13)21-18(25)9-14(10-19(21)26)23(29)27-2/h4-5,8-10,15H,6-7,11-12H2,1-3H3,(H,27,29)/t15-/m0/s1. The molecule has 0 unspecified atom stereocenters. The van der Waals surface area contributed by atoms with Crippen molar-refractivity contribution in [1.82, 2.24) is 10.2 Å². The van der Waals surface area contributed by atoms with Crippen LogP contribution in [0, 0.1) is 18.6 Å². The Bertz CT molecular complexity index is 1200. The number of carbonyl (C=O) groups is 2. The number of benzene rings is 2.